The molecule has 0 bridgehead atoms. The zero-order chi connectivity index (χ0) is 13.4. The minimum Gasteiger partial charge on any atom is -0.493 e. The second kappa shape index (κ2) is 6.65. The summed E-state index contributed by atoms with van der Waals surface area (Å²) in [4.78, 5) is 2.52. The van der Waals surface area contributed by atoms with E-state index in [0.717, 1.165) is 38.4 Å². The number of nitrogens with one attached hydrogen (secondary N) is 1. The molecule has 1 aromatic rings. The summed E-state index contributed by atoms with van der Waals surface area (Å²) in [6, 6.07) is 5.52. The van der Waals surface area contributed by atoms with Crippen LogP contribution < -0.4 is 10.1 Å². The Morgan fingerprint density at radius 3 is 2.70 bits per heavy atom. The predicted molar refractivity (Wildman–Crippen MR) is 87.9 cm³/mol. The van der Waals surface area contributed by atoms with Crippen molar-refractivity contribution in [2.75, 3.05) is 19.7 Å². The number of nitrogens with zero attached hydrogens (tertiary/aromatic N) is 1. The number of ether oxygens (including phenoxy) is 1. The van der Waals surface area contributed by atoms with Crippen LogP contribution in [0, 0.1) is 0 Å². The van der Waals surface area contributed by atoms with Gasteiger partial charge < -0.3 is 10.1 Å². The summed E-state index contributed by atoms with van der Waals surface area (Å²) in [5, 5.41) is 3.58. The monoisotopic (exact) mass is 360 g/mol. The Morgan fingerprint density at radius 2 is 2.00 bits per heavy atom. The Balaban J connectivity index is 0.00000147. The summed E-state index contributed by atoms with van der Waals surface area (Å²) >= 11 is 3.62. The number of piperazine rings is 1. The molecule has 0 saturated carbocycles. The topological polar surface area (TPSA) is 24.5 Å². The molecule has 1 N–H and O–H groups in total. The van der Waals surface area contributed by atoms with Gasteiger partial charge in [0.2, 0.25) is 0 Å². The maximum atomic E-state index is 5.82. The van der Waals surface area contributed by atoms with Gasteiger partial charge in [-0.05, 0) is 31.5 Å². The highest BCUT2D eigenvalue weighted by Crippen LogP contribution is 2.33. The molecule has 2 unspecified atom stereocenters. The van der Waals surface area contributed by atoms with Crippen LogP contribution in [0.3, 0.4) is 0 Å². The Labute approximate surface area is 135 Å². The van der Waals surface area contributed by atoms with E-state index in [9.17, 15) is 0 Å². The van der Waals surface area contributed by atoms with Gasteiger partial charge in [0, 0.05) is 48.2 Å². The van der Waals surface area contributed by atoms with E-state index in [-0.39, 0.29) is 12.4 Å². The Bertz CT molecular complexity index is 473. The Kier molecular flexibility index (Phi) is 5.35. The first-order valence-electron chi connectivity index (χ1n) is 7.04. The van der Waals surface area contributed by atoms with E-state index in [1.807, 2.05) is 0 Å². The first kappa shape index (κ1) is 16.1. The van der Waals surface area contributed by atoms with Crippen LogP contribution in [0.1, 0.15) is 25.0 Å². The third-order valence-corrected chi connectivity index (χ3v) is 4.31. The zero-order valence-electron chi connectivity index (χ0n) is 12.0. The summed E-state index contributed by atoms with van der Waals surface area (Å²) in [5.74, 6) is 1.13. The molecule has 0 aliphatic carbocycles. The van der Waals surface area contributed by atoms with Gasteiger partial charge >= 0.3 is 0 Å². The molecule has 2 aliphatic heterocycles. The standard InChI is InChI=1S/C15H21BrN2O.ClH/c1-10-7-18(8-11(2)17-10)9-13-6-14(16)5-12-3-4-19-15(12)13;/h5-6,10-11,17H,3-4,7-9H2,1-2H3;1H. The van der Waals surface area contributed by atoms with Gasteiger partial charge in [0.25, 0.3) is 0 Å². The lowest BCUT2D eigenvalue weighted by atomic mass is 10.1. The van der Waals surface area contributed by atoms with Crippen LogP contribution in [0.15, 0.2) is 16.6 Å². The minimum absolute atomic E-state index is 0. The first-order chi connectivity index (χ1) is 9.11. The molecule has 0 amide bonds. The molecule has 1 saturated heterocycles. The van der Waals surface area contributed by atoms with Crippen LogP contribution in [0.5, 0.6) is 5.75 Å². The molecule has 5 heteroatoms. The summed E-state index contributed by atoms with van der Waals surface area (Å²) in [5.41, 5.74) is 2.67. The van der Waals surface area contributed by atoms with Gasteiger partial charge in [-0.25, -0.2) is 0 Å². The fourth-order valence-corrected chi connectivity index (χ4v) is 3.83. The van der Waals surface area contributed by atoms with Crippen molar-refractivity contribution < 1.29 is 4.74 Å². The summed E-state index contributed by atoms with van der Waals surface area (Å²) in [6.07, 6.45) is 1.04. The lowest BCUT2D eigenvalue weighted by Crippen LogP contribution is -2.53. The van der Waals surface area contributed by atoms with Gasteiger partial charge in [-0.2, -0.15) is 0 Å². The van der Waals surface area contributed by atoms with Gasteiger partial charge in [0.1, 0.15) is 5.75 Å². The predicted octanol–water partition coefficient (Wildman–Crippen LogP) is 2.99. The highest BCUT2D eigenvalue weighted by atomic mass is 79.9. The van der Waals surface area contributed by atoms with Gasteiger partial charge in [0.15, 0.2) is 0 Å². The normalized spacial score (nSPS) is 25.8. The molecule has 2 aliphatic rings. The Hall–Kier alpha value is -0.290. The summed E-state index contributed by atoms with van der Waals surface area (Å²) < 4.78 is 6.99. The molecule has 112 valence electrons. The molecule has 3 nitrogen and oxygen atoms in total. The van der Waals surface area contributed by atoms with Crippen LogP contribution in [0.2, 0.25) is 0 Å². The number of rotatable bonds is 2. The molecular weight excluding hydrogens is 340 g/mol. The van der Waals surface area contributed by atoms with Crippen LogP contribution >= 0.6 is 28.3 Å². The first-order valence-corrected chi connectivity index (χ1v) is 7.83. The quantitative estimate of drug-likeness (QED) is 0.876. The van der Waals surface area contributed by atoms with E-state index in [4.69, 9.17) is 4.74 Å². The van der Waals surface area contributed by atoms with E-state index in [2.05, 4.69) is 52.1 Å². The third kappa shape index (κ3) is 3.48. The fraction of sp³-hybridized carbons (Fsp3) is 0.600. The average molecular weight is 362 g/mol. The number of fused-ring (bicyclic) bond motifs is 1. The average Bonchev–Trinajstić information content (AvgIpc) is 2.75. The number of halogens is 2. The van der Waals surface area contributed by atoms with Crippen molar-refractivity contribution in [3.63, 3.8) is 0 Å². The molecule has 3 rings (SSSR count). The van der Waals surface area contributed by atoms with Crippen molar-refractivity contribution in [1.82, 2.24) is 10.2 Å². The number of benzene rings is 1. The largest absolute Gasteiger partial charge is 0.493 e. The highest BCUT2D eigenvalue weighted by Gasteiger charge is 2.24. The van der Waals surface area contributed by atoms with Crippen LogP contribution in [0.4, 0.5) is 0 Å². The molecular formula is C15H22BrClN2O. The van der Waals surface area contributed by atoms with Crippen molar-refractivity contribution >= 4 is 28.3 Å². The van der Waals surface area contributed by atoms with E-state index >= 15 is 0 Å². The number of hydrogen-bond acceptors (Lipinski definition) is 3. The summed E-state index contributed by atoms with van der Waals surface area (Å²) in [6.45, 7) is 8.53. The van der Waals surface area contributed by atoms with Crippen LogP contribution in [0.25, 0.3) is 0 Å². The van der Waals surface area contributed by atoms with Crippen molar-refractivity contribution in [1.29, 1.82) is 0 Å². The van der Waals surface area contributed by atoms with Crippen LogP contribution in [-0.2, 0) is 13.0 Å². The SMILES string of the molecule is CC1CN(Cc2cc(Br)cc3c2OCC3)CC(C)N1.Cl. The van der Waals surface area contributed by atoms with Gasteiger partial charge in [-0.15, -0.1) is 12.4 Å². The molecule has 0 spiro atoms. The number of hydrogen-bond donors (Lipinski definition) is 1. The zero-order valence-corrected chi connectivity index (χ0v) is 14.4. The molecule has 20 heavy (non-hydrogen) atoms. The van der Waals surface area contributed by atoms with E-state index in [0.29, 0.717) is 12.1 Å². The fourth-order valence-electron chi connectivity index (χ4n) is 3.27. The lowest BCUT2D eigenvalue weighted by Gasteiger charge is -2.36. The molecule has 1 aromatic carbocycles. The third-order valence-electron chi connectivity index (χ3n) is 3.85. The van der Waals surface area contributed by atoms with Gasteiger partial charge in [-0.1, -0.05) is 15.9 Å². The van der Waals surface area contributed by atoms with E-state index in [1.54, 1.807) is 0 Å². The van der Waals surface area contributed by atoms with Crippen molar-refractivity contribution in [3.8, 4) is 5.75 Å². The molecule has 0 aromatic heterocycles. The lowest BCUT2D eigenvalue weighted by molar-refractivity contribution is 0.165. The maximum Gasteiger partial charge on any atom is 0.127 e. The smallest absolute Gasteiger partial charge is 0.127 e. The Morgan fingerprint density at radius 1 is 1.30 bits per heavy atom. The molecule has 0 radical (unpaired) electrons. The van der Waals surface area contributed by atoms with Crippen molar-refractivity contribution in [3.05, 3.63) is 27.7 Å². The molecule has 2 heterocycles. The second-order valence-electron chi connectivity index (χ2n) is 5.81. The van der Waals surface area contributed by atoms with Gasteiger partial charge in [0.05, 0.1) is 6.61 Å². The van der Waals surface area contributed by atoms with E-state index in [1.165, 1.54) is 15.6 Å². The second-order valence-corrected chi connectivity index (χ2v) is 6.73. The van der Waals surface area contributed by atoms with Crippen LogP contribution in [-0.4, -0.2) is 36.7 Å². The maximum absolute atomic E-state index is 5.82. The van der Waals surface area contributed by atoms with Crippen molar-refractivity contribution in [2.24, 2.45) is 0 Å². The van der Waals surface area contributed by atoms with Crippen molar-refractivity contribution in [2.45, 2.75) is 38.9 Å². The molecule has 1 fully saturated rings. The summed E-state index contributed by atoms with van der Waals surface area (Å²) in [7, 11) is 0. The molecule has 2 atom stereocenters. The van der Waals surface area contributed by atoms with E-state index < -0.39 is 0 Å². The minimum atomic E-state index is 0. The highest BCUT2D eigenvalue weighted by molar-refractivity contribution is 9.10. The van der Waals surface area contributed by atoms with Gasteiger partial charge in [-0.3, -0.25) is 4.90 Å².